The van der Waals surface area contributed by atoms with Crippen LogP contribution >= 0.6 is 24.0 Å². The Morgan fingerprint density at radius 2 is 1.97 bits per heavy atom. The molecule has 158 valence electrons. The Hall–Kier alpha value is -2.38. The highest BCUT2D eigenvalue weighted by atomic mass is 32.2. The topological polar surface area (TPSA) is 55.8 Å². The molecule has 1 amide bonds. The van der Waals surface area contributed by atoms with Gasteiger partial charge in [-0.05, 0) is 42.7 Å². The molecule has 0 aliphatic carbocycles. The Labute approximate surface area is 186 Å². The number of benzene rings is 2. The smallest absolute Gasteiger partial charge is 0.305 e. The van der Waals surface area contributed by atoms with Crippen LogP contribution in [-0.4, -0.2) is 41.4 Å². The molecule has 0 spiro atoms. The van der Waals surface area contributed by atoms with Crippen molar-refractivity contribution in [3.63, 3.8) is 0 Å². The standard InChI is InChI=1S/C23H25NO4S2/c1-3-28-21(25)11-5-4-8-14-24-22(26)20(30-23(24)29)15-18-17-10-7-6-9-16(17)12-13-19(18)27-2/h6-7,9-10,12-13,15H,3-5,8,11,14H2,1-2H3/b20-15+. The Balaban J connectivity index is 1.68. The van der Waals surface area contributed by atoms with E-state index in [1.807, 2.05) is 42.5 Å². The second-order valence-corrected chi connectivity index (χ2v) is 8.53. The van der Waals surface area contributed by atoms with Gasteiger partial charge in [-0.2, -0.15) is 0 Å². The highest BCUT2D eigenvalue weighted by molar-refractivity contribution is 8.26. The first kappa shape index (κ1) is 22.3. The molecule has 0 radical (unpaired) electrons. The molecule has 5 nitrogen and oxygen atoms in total. The Bertz CT molecular complexity index is 986. The summed E-state index contributed by atoms with van der Waals surface area (Å²) in [6.07, 6.45) is 4.66. The summed E-state index contributed by atoms with van der Waals surface area (Å²) in [7, 11) is 1.63. The number of ether oxygens (including phenoxy) is 2. The molecule has 0 aromatic heterocycles. The third-order valence-electron chi connectivity index (χ3n) is 4.87. The zero-order chi connectivity index (χ0) is 21.5. The van der Waals surface area contributed by atoms with E-state index in [1.54, 1.807) is 18.9 Å². The van der Waals surface area contributed by atoms with Gasteiger partial charge in [0.2, 0.25) is 0 Å². The van der Waals surface area contributed by atoms with E-state index in [9.17, 15) is 9.59 Å². The van der Waals surface area contributed by atoms with Crippen LogP contribution in [0.4, 0.5) is 0 Å². The van der Waals surface area contributed by atoms with Crippen molar-refractivity contribution in [1.29, 1.82) is 0 Å². The monoisotopic (exact) mass is 443 g/mol. The van der Waals surface area contributed by atoms with Gasteiger partial charge >= 0.3 is 5.97 Å². The fraction of sp³-hybridized carbons (Fsp3) is 0.348. The lowest BCUT2D eigenvalue weighted by Crippen LogP contribution is -2.29. The highest BCUT2D eigenvalue weighted by Gasteiger charge is 2.31. The molecule has 0 saturated carbocycles. The maximum Gasteiger partial charge on any atom is 0.305 e. The van der Waals surface area contributed by atoms with E-state index in [2.05, 4.69) is 0 Å². The predicted octanol–water partition coefficient (Wildman–Crippen LogP) is 5.17. The lowest BCUT2D eigenvalue weighted by molar-refractivity contribution is -0.143. The lowest BCUT2D eigenvalue weighted by atomic mass is 10.0. The zero-order valence-corrected chi connectivity index (χ0v) is 18.8. The van der Waals surface area contributed by atoms with Crippen molar-refractivity contribution in [2.45, 2.75) is 32.6 Å². The summed E-state index contributed by atoms with van der Waals surface area (Å²) in [4.78, 5) is 26.6. The number of hydrogen-bond acceptors (Lipinski definition) is 6. The summed E-state index contributed by atoms with van der Waals surface area (Å²) in [6, 6.07) is 11.9. The van der Waals surface area contributed by atoms with Crippen molar-refractivity contribution in [2.24, 2.45) is 0 Å². The fourth-order valence-corrected chi connectivity index (χ4v) is 4.67. The normalized spacial score (nSPS) is 15.3. The van der Waals surface area contributed by atoms with Crippen molar-refractivity contribution >= 4 is 57.0 Å². The highest BCUT2D eigenvalue weighted by Crippen LogP contribution is 2.37. The number of fused-ring (bicyclic) bond motifs is 1. The fourth-order valence-electron chi connectivity index (χ4n) is 3.38. The van der Waals surface area contributed by atoms with Crippen LogP contribution in [0.1, 0.15) is 38.2 Å². The molecule has 1 heterocycles. The van der Waals surface area contributed by atoms with E-state index in [0.29, 0.717) is 28.8 Å². The summed E-state index contributed by atoms with van der Waals surface area (Å²) in [5.41, 5.74) is 0.880. The first-order valence-corrected chi connectivity index (χ1v) is 11.2. The number of thiocarbonyl (C=S) groups is 1. The van der Waals surface area contributed by atoms with Gasteiger partial charge < -0.3 is 9.47 Å². The largest absolute Gasteiger partial charge is 0.496 e. The van der Waals surface area contributed by atoms with Crippen LogP contribution in [0, 0.1) is 0 Å². The molecule has 1 aliphatic heterocycles. The lowest BCUT2D eigenvalue weighted by Gasteiger charge is -2.14. The van der Waals surface area contributed by atoms with Gasteiger partial charge in [-0.15, -0.1) is 0 Å². The SMILES string of the molecule is CCOC(=O)CCCCCN1C(=O)/C(=C\c2c(OC)ccc3ccccc23)SC1=S. The Morgan fingerprint density at radius 3 is 2.73 bits per heavy atom. The minimum atomic E-state index is -0.171. The number of rotatable bonds is 9. The third kappa shape index (κ3) is 5.21. The number of hydrogen-bond donors (Lipinski definition) is 0. The maximum absolute atomic E-state index is 12.9. The molecule has 0 bridgehead atoms. The zero-order valence-electron chi connectivity index (χ0n) is 17.2. The molecular weight excluding hydrogens is 418 g/mol. The third-order valence-corrected chi connectivity index (χ3v) is 6.25. The van der Waals surface area contributed by atoms with E-state index >= 15 is 0 Å². The van der Waals surface area contributed by atoms with Gasteiger partial charge in [-0.1, -0.05) is 60.7 Å². The molecular formula is C23H25NO4S2. The van der Waals surface area contributed by atoms with Gasteiger partial charge in [0.25, 0.3) is 5.91 Å². The van der Waals surface area contributed by atoms with Crippen molar-refractivity contribution in [2.75, 3.05) is 20.3 Å². The molecule has 0 atom stereocenters. The first-order valence-electron chi connectivity index (χ1n) is 10.0. The summed E-state index contributed by atoms with van der Waals surface area (Å²) in [5, 5.41) is 2.11. The van der Waals surface area contributed by atoms with Crippen LogP contribution in [0.5, 0.6) is 5.75 Å². The first-order chi connectivity index (χ1) is 14.5. The summed E-state index contributed by atoms with van der Waals surface area (Å²) < 4.78 is 11.0. The minimum Gasteiger partial charge on any atom is -0.496 e. The van der Waals surface area contributed by atoms with Crippen LogP contribution in [0.25, 0.3) is 16.8 Å². The molecule has 2 aromatic rings. The van der Waals surface area contributed by atoms with Crippen LogP contribution < -0.4 is 4.74 Å². The summed E-state index contributed by atoms with van der Waals surface area (Å²) >= 11 is 6.76. The maximum atomic E-state index is 12.9. The van der Waals surface area contributed by atoms with Gasteiger partial charge in [0, 0.05) is 18.5 Å². The number of unbranched alkanes of at least 4 members (excludes halogenated alkanes) is 2. The van der Waals surface area contributed by atoms with Gasteiger partial charge in [0.1, 0.15) is 10.1 Å². The number of nitrogens with zero attached hydrogens (tertiary/aromatic N) is 1. The molecule has 1 aliphatic rings. The average molecular weight is 444 g/mol. The van der Waals surface area contributed by atoms with E-state index in [0.717, 1.165) is 41.3 Å². The van der Waals surface area contributed by atoms with Crippen LogP contribution in [0.15, 0.2) is 41.3 Å². The van der Waals surface area contributed by atoms with E-state index in [1.165, 1.54) is 11.8 Å². The number of carbonyl (C=O) groups is 2. The second-order valence-electron chi connectivity index (χ2n) is 6.85. The quantitative estimate of drug-likeness (QED) is 0.231. The molecule has 0 unspecified atom stereocenters. The number of methoxy groups -OCH3 is 1. The van der Waals surface area contributed by atoms with Crippen LogP contribution in [0.3, 0.4) is 0 Å². The number of amides is 1. The van der Waals surface area contributed by atoms with E-state index in [4.69, 9.17) is 21.7 Å². The van der Waals surface area contributed by atoms with Crippen LogP contribution in [0.2, 0.25) is 0 Å². The van der Waals surface area contributed by atoms with Gasteiger partial charge in [0.05, 0.1) is 18.6 Å². The van der Waals surface area contributed by atoms with Crippen molar-refractivity contribution in [1.82, 2.24) is 4.90 Å². The molecule has 0 N–H and O–H groups in total. The Morgan fingerprint density at radius 1 is 1.17 bits per heavy atom. The molecule has 30 heavy (non-hydrogen) atoms. The van der Waals surface area contributed by atoms with Gasteiger partial charge in [-0.25, -0.2) is 0 Å². The van der Waals surface area contributed by atoms with Gasteiger partial charge in [-0.3, -0.25) is 14.5 Å². The second kappa shape index (κ2) is 10.6. The molecule has 3 rings (SSSR count). The average Bonchev–Trinajstić information content (AvgIpc) is 3.01. The van der Waals surface area contributed by atoms with Crippen molar-refractivity contribution in [3.8, 4) is 5.75 Å². The number of esters is 1. The molecule has 2 aromatic carbocycles. The minimum absolute atomic E-state index is 0.0784. The Kier molecular flexibility index (Phi) is 7.87. The molecule has 1 fully saturated rings. The predicted molar refractivity (Wildman–Crippen MR) is 125 cm³/mol. The van der Waals surface area contributed by atoms with E-state index in [-0.39, 0.29) is 11.9 Å². The molecule has 1 saturated heterocycles. The summed E-state index contributed by atoms with van der Waals surface area (Å²) in [5.74, 6) is 0.471. The van der Waals surface area contributed by atoms with Crippen molar-refractivity contribution < 1.29 is 19.1 Å². The summed E-state index contributed by atoms with van der Waals surface area (Å²) in [6.45, 7) is 2.76. The number of carbonyl (C=O) groups excluding carboxylic acids is 2. The number of thioether (sulfide) groups is 1. The van der Waals surface area contributed by atoms with E-state index < -0.39 is 0 Å². The molecule has 7 heteroatoms. The van der Waals surface area contributed by atoms with Gasteiger partial charge in [0.15, 0.2) is 0 Å². The van der Waals surface area contributed by atoms with Crippen LogP contribution in [-0.2, 0) is 14.3 Å². The van der Waals surface area contributed by atoms with Crippen molar-refractivity contribution in [3.05, 3.63) is 46.9 Å².